The van der Waals surface area contributed by atoms with Crippen molar-refractivity contribution in [3.8, 4) is 0 Å². The van der Waals surface area contributed by atoms with E-state index in [1.165, 1.54) is 4.31 Å². The van der Waals surface area contributed by atoms with Gasteiger partial charge in [0.15, 0.2) is 0 Å². The lowest BCUT2D eigenvalue weighted by molar-refractivity contribution is -0.136. The number of amides is 1. The fourth-order valence-corrected chi connectivity index (χ4v) is 3.43. The van der Waals surface area contributed by atoms with Gasteiger partial charge in [0.1, 0.15) is 0 Å². The summed E-state index contributed by atoms with van der Waals surface area (Å²) in [6.07, 6.45) is 3.67. The van der Waals surface area contributed by atoms with Gasteiger partial charge in [-0.1, -0.05) is 6.42 Å². The summed E-state index contributed by atoms with van der Waals surface area (Å²) in [5, 5.41) is 5.06. The molecule has 0 spiro atoms. The fraction of sp³-hybridized carbons (Fsp3) is 0.909. The number of carbonyl (C=O) groups excluding carboxylic acids is 1. The molecule has 110 valence electrons. The fourth-order valence-electron chi connectivity index (χ4n) is 2.75. The zero-order valence-electron chi connectivity index (χ0n) is 11.0. The van der Waals surface area contributed by atoms with Crippen molar-refractivity contribution in [1.82, 2.24) is 9.21 Å². The molecule has 0 atom stereocenters. The summed E-state index contributed by atoms with van der Waals surface area (Å²) in [6.45, 7) is 1.93. The van der Waals surface area contributed by atoms with Crippen LogP contribution in [0.5, 0.6) is 0 Å². The van der Waals surface area contributed by atoms with Crippen LogP contribution in [-0.2, 0) is 15.0 Å². The molecule has 0 unspecified atom stereocenters. The Morgan fingerprint density at radius 2 is 1.74 bits per heavy atom. The van der Waals surface area contributed by atoms with E-state index in [9.17, 15) is 13.2 Å². The second-order valence-electron chi connectivity index (χ2n) is 5.56. The van der Waals surface area contributed by atoms with Gasteiger partial charge in [-0.2, -0.15) is 12.7 Å². The van der Waals surface area contributed by atoms with Gasteiger partial charge in [-0.15, -0.1) is 0 Å². The number of hydrogen-bond acceptors (Lipinski definition) is 4. The Morgan fingerprint density at radius 3 is 2.11 bits per heavy atom. The Balaban J connectivity index is 1.86. The van der Waals surface area contributed by atoms with Crippen molar-refractivity contribution in [3.05, 3.63) is 0 Å². The van der Waals surface area contributed by atoms with Crippen LogP contribution in [0.2, 0.25) is 0 Å². The third kappa shape index (κ3) is 3.25. The predicted molar refractivity (Wildman–Crippen MR) is 71.2 cm³/mol. The summed E-state index contributed by atoms with van der Waals surface area (Å²) in [5.74, 6) is 0.0826. The van der Waals surface area contributed by atoms with E-state index in [1.807, 2.05) is 0 Å². The molecule has 2 rings (SSSR count). The van der Waals surface area contributed by atoms with Crippen LogP contribution in [0.3, 0.4) is 0 Å². The predicted octanol–water partition coefficient (Wildman–Crippen LogP) is -1.15. The van der Waals surface area contributed by atoms with Gasteiger partial charge in [0.2, 0.25) is 5.91 Å². The highest BCUT2D eigenvalue weighted by Gasteiger charge is 2.39. The molecule has 4 N–H and O–H groups in total. The molecule has 1 aliphatic carbocycles. The number of piperazine rings is 1. The van der Waals surface area contributed by atoms with Crippen molar-refractivity contribution in [2.45, 2.75) is 25.7 Å². The molecule has 0 bridgehead atoms. The summed E-state index contributed by atoms with van der Waals surface area (Å²) in [5.41, 5.74) is 5.75. The van der Waals surface area contributed by atoms with Crippen LogP contribution in [0.4, 0.5) is 0 Å². The van der Waals surface area contributed by atoms with Crippen molar-refractivity contribution in [2.75, 3.05) is 32.7 Å². The Morgan fingerprint density at radius 1 is 1.16 bits per heavy atom. The number of rotatable bonds is 4. The number of hydrogen-bond donors (Lipinski definition) is 2. The molecule has 1 amide bonds. The average Bonchev–Trinajstić information content (AvgIpc) is 2.32. The lowest BCUT2D eigenvalue weighted by Gasteiger charge is -2.42. The number of nitrogens with zero attached hydrogens (tertiary/aromatic N) is 2. The highest BCUT2D eigenvalue weighted by atomic mass is 32.2. The molecule has 2 fully saturated rings. The highest BCUT2D eigenvalue weighted by molar-refractivity contribution is 7.86. The van der Waals surface area contributed by atoms with E-state index >= 15 is 0 Å². The van der Waals surface area contributed by atoms with Gasteiger partial charge in [-0.3, -0.25) is 4.79 Å². The maximum atomic E-state index is 12.2. The summed E-state index contributed by atoms with van der Waals surface area (Å²) >= 11 is 0. The molecular weight excluding hydrogens is 268 g/mol. The first-order valence-electron chi connectivity index (χ1n) is 6.62. The van der Waals surface area contributed by atoms with Crippen molar-refractivity contribution < 1.29 is 13.2 Å². The van der Waals surface area contributed by atoms with Gasteiger partial charge < -0.3 is 10.6 Å². The topological polar surface area (TPSA) is 110 Å². The first kappa shape index (κ1) is 14.7. The van der Waals surface area contributed by atoms with E-state index in [-0.39, 0.29) is 24.4 Å². The Labute approximate surface area is 114 Å². The van der Waals surface area contributed by atoms with Crippen LogP contribution in [0.25, 0.3) is 0 Å². The lowest BCUT2D eigenvalue weighted by atomic mass is 9.66. The maximum absolute atomic E-state index is 12.2. The third-order valence-electron chi connectivity index (χ3n) is 4.32. The van der Waals surface area contributed by atoms with Crippen LogP contribution in [0.15, 0.2) is 0 Å². The van der Waals surface area contributed by atoms with Crippen LogP contribution in [0.1, 0.15) is 25.7 Å². The Hall–Kier alpha value is -0.700. The van der Waals surface area contributed by atoms with Crippen molar-refractivity contribution in [1.29, 1.82) is 0 Å². The largest absolute Gasteiger partial charge is 0.340 e. The van der Waals surface area contributed by atoms with Gasteiger partial charge in [0.05, 0.1) is 0 Å². The molecule has 0 aromatic rings. The zero-order chi connectivity index (χ0) is 14.1. The molecule has 1 saturated carbocycles. The first-order valence-corrected chi connectivity index (χ1v) is 8.12. The second-order valence-corrected chi connectivity index (χ2v) is 7.11. The van der Waals surface area contributed by atoms with Crippen molar-refractivity contribution in [3.63, 3.8) is 0 Å². The minimum atomic E-state index is -3.63. The molecule has 8 heteroatoms. The van der Waals surface area contributed by atoms with E-state index in [4.69, 9.17) is 10.9 Å². The molecule has 1 heterocycles. The summed E-state index contributed by atoms with van der Waals surface area (Å²) < 4.78 is 23.6. The smallest absolute Gasteiger partial charge is 0.277 e. The van der Waals surface area contributed by atoms with E-state index in [2.05, 4.69) is 0 Å². The molecule has 1 aliphatic heterocycles. The van der Waals surface area contributed by atoms with E-state index < -0.39 is 10.2 Å². The summed E-state index contributed by atoms with van der Waals surface area (Å²) in [4.78, 5) is 13.9. The van der Waals surface area contributed by atoms with Crippen LogP contribution in [0, 0.1) is 5.41 Å². The van der Waals surface area contributed by atoms with Crippen LogP contribution < -0.4 is 10.9 Å². The van der Waals surface area contributed by atoms with Gasteiger partial charge in [-0.25, -0.2) is 5.14 Å². The molecule has 7 nitrogen and oxygen atoms in total. The van der Waals surface area contributed by atoms with Crippen LogP contribution in [-0.4, -0.2) is 56.3 Å². The lowest BCUT2D eigenvalue weighted by Crippen LogP contribution is -2.53. The van der Waals surface area contributed by atoms with Gasteiger partial charge >= 0.3 is 0 Å². The molecule has 0 radical (unpaired) electrons. The molecule has 2 aliphatic rings. The maximum Gasteiger partial charge on any atom is 0.277 e. The molecule has 0 aromatic heterocycles. The molecule has 19 heavy (non-hydrogen) atoms. The zero-order valence-corrected chi connectivity index (χ0v) is 11.9. The van der Waals surface area contributed by atoms with Gasteiger partial charge in [0.25, 0.3) is 10.2 Å². The highest BCUT2D eigenvalue weighted by Crippen LogP contribution is 2.43. The Bertz CT molecular complexity index is 433. The third-order valence-corrected chi connectivity index (χ3v) is 5.41. The van der Waals surface area contributed by atoms with Crippen molar-refractivity contribution in [2.24, 2.45) is 16.3 Å². The van der Waals surface area contributed by atoms with Gasteiger partial charge in [-0.05, 0) is 24.8 Å². The number of carbonyl (C=O) groups is 1. The second kappa shape index (κ2) is 5.35. The van der Waals surface area contributed by atoms with Crippen molar-refractivity contribution >= 4 is 16.1 Å². The van der Waals surface area contributed by atoms with E-state index in [0.29, 0.717) is 26.1 Å². The summed E-state index contributed by atoms with van der Waals surface area (Å²) in [7, 11) is -3.63. The van der Waals surface area contributed by atoms with E-state index in [1.54, 1.807) is 4.90 Å². The standard InChI is InChI=1S/C11H22N4O3S/c12-9-11(2-1-3-11)8-10(16)14-4-6-15(7-5-14)19(13,17)18/h1-9,12H2,(H2,13,17,18). The minimum absolute atomic E-state index is 0.00579. The molecule has 0 aromatic carbocycles. The van der Waals surface area contributed by atoms with Gasteiger partial charge in [0, 0.05) is 32.6 Å². The quantitative estimate of drug-likeness (QED) is 0.681. The normalized spacial score (nSPS) is 24.0. The van der Waals surface area contributed by atoms with E-state index in [0.717, 1.165) is 19.3 Å². The monoisotopic (exact) mass is 290 g/mol. The summed E-state index contributed by atoms with van der Waals surface area (Å²) in [6, 6.07) is 0. The SMILES string of the molecule is NCC1(CC(=O)N2CCN(S(N)(=O)=O)CC2)CCC1. The molecule has 1 saturated heterocycles. The number of nitrogens with two attached hydrogens (primary N) is 2. The minimum Gasteiger partial charge on any atom is -0.340 e. The average molecular weight is 290 g/mol. The van der Waals surface area contributed by atoms with Crippen LogP contribution >= 0.6 is 0 Å². The molecular formula is C11H22N4O3S. The Kier molecular flexibility index (Phi) is 4.14. The first-order chi connectivity index (χ1) is 8.86.